The van der Waals surface area contributed by atoms with Crippen LogP contribution in [0.5, 0.6) is 0 Å². The summed E-state index contributed by atoms with van der Waals surface area (Å²) >= 11 is 6.35. The Kier molecular flexibility index (Phi) is 6.01. The molecule has 2 aromatic heterocycles. The van der Waals surface area contributed by atoms with Crippen molar-refractivity contribution in [1.29, 1.82) is 0 Å². The van der Waals surface area contributed by atoms with Gasteiger partial charge in [-0.2, -0.15) is 0 Å². The van der Waals surface area contributed by atoms with Crippen LogP contribution in [0.3, 0.4) is 0 Å². The average Bonchev–Trinajstić information content (AvgIpc) is 3.27. The monoisotopic (exact) mass is 462 g/mol. The molecule has 5 nitrogen and oxygen atoms in total. The van der Waals surface area contributed by atoms with Gasteiger partial charge in [-0.15, -0.1) is 0 Å². The summed E-state index contributed by atoms with van der Waals surface area (Å²) in [6.45, 7) is 2.67. The number of benzene rings is 2. The summed E-state index contributed by atoms with van der Waals surface area (Å²) in [4.78, 5) is 22.0. The number of rotatable bonds is 5. The Hall–Kier alpha value is -3.38. The maximum Gasteiger partial charge on any atom is 0.223 e. The lowest BCUT2D eigenvalue weighted by atomic mass is 9.92. The first-order valence-corrected chi connectivity index (χ1v) is 11.4. The van der Waals surface area contributed by atoms with Crippen molar-refractivity contribution >= 4 is 28.8 Å². The summed E-state index contributed by atoms with van der Waals surface area (Å²) in [5.74, 6) is -0.562. The Morgan fingerprint density at radius 3 is 2.58 bits per heavy atom. The number of fused-ring (bicyclic) bond motifs is 1. The highest BCUT2D eigenvalue weighted by molar-refractivity contribution is 6.33. The van der Waals surface area contributed by atoms with Crippen LogP contribution in [0.1, 0.15) is 23.6 Å². The van der Waals surface area contributed by atoms with Gasteiger partial charge in [-0.3, -0.25) is 4.79 Å². The zero-order valence-electron chi connectivity index (χ0n) is 18.1. The van der Waals surface area contributed by atoms with Crippen LogP contribution in [0, 0.1) is 5.82 Å². The molecule has 0 bridgehead atoms. The molecule has 1 unspecified atom stereocenters. The zero-order chi connectivity index (χ0) is 22.8. The van der Waals surface area contributed by atoms with Crippen molar-refractivity contribution in [2.24, 2.45) is 0 Å². The van der Waals surface area contributed by atoms with Gasteiger partial charge < -0.3 is 14.2 Å². The van der Waals surface area contributed by atoms with Gasteiger partial charge in [-0.05, 0) is 42.0 Å². The predicted molar refractivity (Wildman–Crippen MR) is 128 cm³/mol. The summed E-state index contributed by atoms with van der Waals surface area (Å²) in [5.41, 5.74) is 3.44. The first-order chi connectivity index (χ1) is 16.1. The molecule has 1 fully saturated rings. The number of nitrogens with zero attached hydrogens (tertiary/aromatic N) is 4. The minimum atomic E-state index is -0.313. The second-order valence-electron chi connectivity index (χ2n) is 8.24. The van der Waals surface area contributed by atoms with E-state index >= 15 is 0 Å². The van der Waals surface area contributed by atoms with Gasteiger partial charge in [0.25, 0.3) is 0 Å². The van der Waals surface area contributed by atoms with E-state index in [1.165, 1.54) is 12.1 Å². The zero-order valence-corrected chi connectivity index (χ0v) is 18.8. The van der Waals surface area contributed by atoms with E-state index in [-0.39, 0.29) is 24.1 Å². The molecular weight excluding hydrogens is 439 g/mol. The number of pyridine rings is 1. The summed E-state index contributed by atoms with van der Waals surface area (Å²) in [7, 11) is 0. The molecule has 0 N–H and O–H groups in total. The molecular formula is C26H24ClFN4O. The quantitative estimate of drug-likeness (QED) is 0.419. The molecule has 7 heteroatoms. The van der Waals surface area contributed by atoms with E-state index in [9.17, 15) is 9.18 Å². The van der Waals surface area contributed by atoms with E-state index in [0.717, 1.165) is 40.7 Å². The maximum absolute atomic E-state index is 14.1. The van der Waals surface area contributed by atoms with Gasteiger partial charge in [0, 0.05) is 50.9 Å². The highest BCUT2D eigenvalue weighted by Crippen LogP contribution is 2.31. The van der Waals surface area contributed by atoms with E-state index < -0.39 is 0 Å². The Labute approximate surface area is 197 Å². The molecule has 0 radical (unpaired) electrons. The van der Waals surface area contributed by atoms with Crippen LogP contribution in [-0.2, 0) is 4.79 Å². The van der Waals surface area contributed by atoms with E-state index in [1.807, 2.05) is 64.0 Å². The lowest BCUT2D eigenvalue weighted by Gasteiger charge is -2.37. The molecule has 168 valence electrons. The van der Waals surface area contributed by atoms with Crippen LogP contribution in [0.4, 0.5) is 10.1 Å². The third kappa shape index (κ3) is 4.44. The summed E-state index contributed by atoms with van der Waals surface area (Å²) in [6, 6.07) is 20.0. The molecule has 5 rings (SSSR count). The number of para-hydroxylation sites is 1. The molecule has 1 amide bonds. The first-order valence-electron chi connectivity index (χ1n) is 11.0. The molecule has 0 spiro atoms. The average molecular weight is 463 g/mol. The molecule has 0 aliphatic carbocycles. The maximum atomic E-state index is 14.1. The summed E-state index contributed by atoms with van der Waals surface area (Å²) < 4.78 is 16.0. The van der Waals surface area contributed by atoms with Crippen molar-refractivity contribution in [2.75, 3.05) is 31.1 Å². The van der Waals surface area contributed by atoms with Crippen LogP contribution in [0.15, 0.2) is 79.1 Å². The molecule has 3 heterocycles. The SMILES string of the molecule is O=C(CC(c1cccc(F)c1)c1cnc2ccccn12)N1CCN(c2ccccc2Cl)CC1. The van der Waals surface area contributed by atoms with Crippen molar-refractivity contribution in [1.82, 2.24) is 14.3 Å². The van der Waals surface area contributed by atoms with E-state index in [0.29, 0.717) is 13.1 Å². The fourth-order valence-corrected chi connectivity index (χ4v) is 4.79. The van der Waals surface area contributed by atoms with Gasteiger partial charge in [0.2, 0.25) is 5.91 Å². The predicted octanol–water partition coefficient (Wildman–Crippen LogP) is 5.00. The van der Waals surface area contributed by atoms with Gasteiger partial charge >= 0.3 is 0 Å². The van der Waals surface area contributed by atoms with Gasteiger partial charge in [0.05, 0.1) is 16.4 Å². The molecule has 1 aliphatic heterocycles. The number of hydrogen-bond donors (Lipinski definition) is 0. The topological polar surface area (TPSA) is 40.9 Å². The molecule has 33 heavy (non-hydrogen) atoms. The Bertz CT molecular complexity index is 1280. The highest BCUT2D eigenvalue weighted by atomic mass is 35.5. The Balaban J connectivity index is 1.36. The standard InChI is InChI=1S/C26H24ClFN4O/c27-22-8-1-2-9-23(22)30-12-14-31(15-13-30)26(33)17-21(19-6-5-7-20(28)16-19)24-18-29-25-10-3-4-11-32(24)25/h1-11,16,18,21H,12-15,17H2. The number of halogens is 2. The number of aromatic nitrogens is 2. The van der Waals surface area contributed by atoms with Crippen LogP contribution in [-0.4, -0.2) is 46.4 Å². The third-order valence-electron chi connectivity index (χ3n) is 6.26. The molecule has 1 saturated heterocycles. The third-order valence-corrected chi connectivity index (χ3v) is 6.58. The van der Waals surface area contributed by atoms with Crippen LogP contribution < -0.4 is 4.90 Å². The normalized spacial score (nSPS) is 15.1. The molecule has 0 saturated carbocycles. The Morgan fingerprint density at radius 1 is 1.00 bits per heavy atom. The van der Waals surface area contributed by atoms with Crippen molar-refractivity contribution in [3.8, 4) is 0 Å². The highest BCUT2D eigenvalue weighted by Gasteiger charge is 2.27. The summed E-state index contributed by atoms with van der Waals surface area (Å²) in [6.07, 6.45) is 3.96. The number of carbonyl (C=O) groups is 1. The van der Waals surface area contributed by atoms with Crippen molar-refractivity contribution in [3.05, 3.63) is 101 Å². The number of imidazole rings is 1. The summed E-state index contributed by atoms with van der Waals surface area (Å²) in [5, 5.41) is 0.719. The molecule has 2 aromatic carbocycles. The Morgan fingerprint density at radius 2 is 1.79 bits per heavy atom. The number of piperazine rings is 1. The minimum Gasteiger partial charge on any atom is -0.367 e. The van der Waals surface area contributed by atoms with Gasteiger partial charge in [0.15, 0.2) is 0 Å². The lowest BCUT2D eigenvalue weighted by molar-refractivity contribution is -0.131. The number of hydrogen-bond acceptors (Lipinski definition) is 3. The van der Waals surface area contributed by atoms with Gasteiger partial charge in [-0.25, -0.2) is 9.37 Å². The van der Waals surface area contributed by atoms with Crippen molar-refractivity contribution in [2.45, 2.75) is 12.3 Å². The molecule has 1 aliphatic rings. The minimum absolute atomic E-state index is 0.0500. The van der Waals surface area contributed by atoms with Crippen molar-refractivity contribution < 1.29 is 9.18 Å². The number of carbonyl (C=O) groups excluding carboxylic acids is 1. The fraction of sp³-hybridized carbons (Fsp3) is 0.231. The largest absolute Gasteiger partial charge is 0.367 e. The van der Waals surface area contributed by atoms with Crippen molar-refractivity contribution in [3.63, 3.8) is 0 Å². The van der Waals surface area contributed by atoms with Crippen LogP contribution in [0.2, 0.25) is 5.02 Å². The van der Waals surface area contributed by atoms with Crippen LogP contribution in [0.25, 0.3) is 5.65 Å². The second-order valence-corrected chi connectivity index (χ2v) is 8.65. The van der Waals surface area contributed by atoms with Crippen LogP contribution >= 0.6 is 11.6 Å². The fourth-order valence-electron chi connectivity index (χ4n) is 4.54. The second kappa shape index (κ2) is 9.24. The number of amides is 1. The smallest absolute Gasteiger partial charge is 0.223 e. The van der Waals surface area contributed by atoms with E-state index in [2.05, 4.69) is 9.88 Å². The first kappa shape index (κ1) is 21.5. The van der Waals surface area contributed by atoms with E-state index in [4.69, 9.17) is 11.6 Å². The molecule has 4 aromatic rings. The van der Waals surface area contributed by atoms with E-state index in [1.54, 1.807) is 12.3 Å². The molecule has 1 atom stereocenters. The van der Waals surface area contributed by atoms with Gasteiger partial charge in [-0.1, -0.05) is 41.9 Å². The lowest BCUT2D eigenvalue weighted by Crippen LogP contribution is -2.49. The number of anilines is 1. The van der Waals surface area contributed by atoms with Gasteiger partial charge in [0.1, 0.15) is 11.5 Å².